The summed E-state index contributed by atoms with van der Waals surface area (Å²) in [5.74, 6) is -0.894. The molecule has 1 rings (SSSR count). The number of aryl methyl sites for hydroxylation is 2. The number of aliphatic hydroxyl groups is 1. The van der Waals surface area contributed by atoms with Gasteiger partial charge >= 0.3 is 6.09 Å². The number of ether oxygens (including phenoxy) is 1. The summed E-state index contributed by atoms with van der Waals surface area (Å²) in [6, 6.07) is 3.35. The molecular formula is C26H43N3O5. The average Bonchev–Trinajstić information content (AvgIpc) is 2.68. The zero-order valence-electron chi connectivity index (χ0n) is 22.4. The van der Waals surface area contributed by atoms with Gasteiger partial charge in [-0.2, -0.15) is 0 Å². The lowest BCUT2D eigenvalue weighted by atomic mass is 9.90. The fourth-order valence-electron chi connectivity index (χ4n) is 3.64. The SMILES string of the molecule is CCC(C)(C)N(C(=O)C(CO)NC(=O)OC(C)(C)C)C(C(=O)NC(C)C)c1ccc(C)cc1C. The fourth-order valence-corrected chi connectivity index (χ4v) is 3.64. The Bertz CT molecular complexity index is 874. The van der Waals surface area contributed by atoms with E-state index < -0.39 is 41.8 Å². The van der Waals surface area contributed by atoms with E-state index in [2.05, 4.69) is 10.6 Å². The first-order valence-corrected chi connectivity index (χ1v) is 11.8. The van der Waals surface area contributed by atoms with Gasteiger partial charge in [0, 0.05) is 11.6 Å². The normalized spacial score (nSPS) is 13.8. The number of hydrogen-bond donors (Lipinski definition) is 3. The van der Waals surface area contributed by atoms with E-state index in [4.69, 9.17) is 4.74 Å². The van der Waals surface area contributed by atoms with Gasteiger partial charge in [0.1, 0.15) is 17.7 Å². The number of hydrogen-bond acceptors (Lipinski definition) is 5. The number of carbonyl (C=O) groups is 3. The summed E-state index contributed by atoms with van der Waals surface area (Å²) < 4.78 is 5.28. The number of amides is 3. The van der Waals surface area contributed by atoms with Crippen molar-refractivity contribution in [2.75, 3.05) is 6.61 Å². The predicted octanol–water partition coefficient (Wildman–Crippen LogP) is 3.77. The zero-order chi connectivity index (χ0) is 26.4. The van der Waals surface area contributed by atoms with Crippen LogP contribution < -0.4 is 10.6 Å². The second kappa shape index (κ2) is 11.7. The Kier molecular flexibility index (Phi) is 10.1. The molecule has 0 aromatic heterocycles. The van der Waals surface area contributed by atoms with Crippen molar-refractivity contribution in [3.05, 3.63) is 34.9 Å². The summed E-state index contributed by atoms with van der Waals surface area (Å²) in [5, 5.41) is 15.5. The summed E-state index contributed by atoms with van der Waals surface area (Å²) in [7, 11) is 0. The maximum absolute atomic E-state index is 13.9. The first-order chi connectivity index (χ1) is 15.5. The molecule has 1 aromatic carbocycles. The largest absolute Gasteiger partial charge is 0.444 e. The van der Waals surface area contributed by atoms with Crippen molar-refractivity contribution in [2.45, 2.75) is 105 Å². The smallest absolute Gasteiger partial charge is 0.408 e. The van der Waals surface area contributed by atoms with E-state index in [1.807, 2.05) is 66.7 Å². The van der Waals surface area contributed by atoms with Crippen molar-refractivity contribution in [2.24, 2.45) is 0 Å². The highest BCUT2D eigenvalue weighted by Crippen LogP contribution is 2.34. The van der Waals surface area contributed by atoms with Gasteiger partial charge in [-0.1, -0.05) is 30.7 Å². The minimum absolute atomic E-state index is 0.143. The number of alkyl carbamates (subject to hydrolysis) is 1. The molecule has 3 N–H and O–H groups in total. The van der Waals surface area contributed by atoms with Crippen LogP contribution in [-0.2, 0) is 14.3 Å². The Hall–Kier alpha value is -2.61. The van der Waals surface area contributed by atoms with E-state index in [1.54, 1.807) is 20.8 Å². The molecular weight excluding hydrogens is 434 g/mol. The molecule has 192 valence electrons. The monoisotopic (exact) mass is 477 g/mol. The molecule has 8 nitrogen and oxygen atoms in total. The lowest BCUT2D eigenvalue weighted by molar-refractivity contribution is -0.150. The molecule has 0 saturated carbocycles. The van der Waals surface area contributed by atoms with Gasteiger partial charge in [-0.15, -0.1) is 0 Å². The van der Waals surface area contributed by atoms with Gasteiger partial charge < -0.3 is 25.4 Å². The van der Waals surface area contributed by atoms with Crippen LogP contribution in [0, 0.1) is 13.8 Å². The maximum atomic E-state index is 13.9. The molecule has 0 bridgehead atoms. The van der Waals surface area contributed by atoms with Crippen LogP contribution in [0.1, 0.15) is 84.5 Å². The molecule has 34 heavy (non-hydrogen) atoms. The zero-order valence-corrected chi connectivity index (χ0v) is 22.4. The Balaban J connectivity index is 3.60. The fraction of sp³-hybridized carbons (Fsp3) is 0.654. The molecule has 0 heterocycles. The van der Waals surface area contributed by atoms with Crippen molar-refractivity contribution in [3.63, 3.8) is 0 Å². The number of nitrogens with zero attached hydrogens (tertiary/aromatic N) is 1. The second-order valence-electron chi connectivity index (χ2n) is 10.7. The van der Waals surface area contributed by atoms with Crippen LogP contribution in [-0.4, -0.2) is 57.7 Å². The van der Waals surface area contributed by atoms with E-state index in [0.29, 0.717) is 12.0 Å². The highest BCUT2D eigenvalue weighted by molar-refractivity contribution is 5.93. The molecule has 8 heteroatoms. The van der Waals surface area contributed by atoms with Gasteiger partial charge in [-0.3, -0.25) is 9.59 Å². The average molecular weight is 478 g/mol. The topological polar surface area (TPSA) is 108 Å². The van der Waals surface area contributed by atoms with Crippen molar-refractivity contribution < 1.29 is 24.2 Å². The lowest BCUT2D eigenvalue weighted by Crippen LogP contribution is -2.60. The Labute approximate surface area is 204 Å². The standard InChI is InChI=1S/C26H43N3O5/c1-11-26(9,10)29(23(32)20(15-30)28-24(33)34-25(6,7)8)21(22(31)27-16(2)3)19-13-12-17(4)14-18(19)5/h12-14,16,20-21,30H,11,15H2,1-10H3,(H,27,31)(H,28,33). The Morgan fingerprint density at radius 3 is 2.09 bits per heavy atom. The van der Waals surface area contributed by atoms with Crippen LogP contribution in [0.3, 0.4) is 0 Å². The van der Waals surface area contributed by atoms with Gasteiger partial charge in [0.2, 0.25) is 11.8 Å². The number of benzene rings is 1. The van der Waals surface area contributed by atoms with Crippen LogP contribution in [0.25, 0.3) is 0 Å². The van der Waals surface area contributed by atoms with Crippen LogP contribution in [0.5, 0.6) is 0 Å². The van der Waals surface area contributed by atoms with Crippen LogP contribution >= 0.6 is 0 Å². The highest BCUT2D eigenvalue weighted by atomic mass is 16.6. The lowest BCUT2D eigenvalue weighted by Gasteiger charge is -2.45. The molecule has 0 fully saturated rings. The maximum Gasteiger partial charge on any atom is 0.408 e. The van der Waals surface area contributed by atoms with Gasteiger partial charge in [0.05, 0.1) is 6.61 Å². The molecule has 3 amide bonds. The van der Waals surface area contributed by atoms with Crippen molar-refractivity contribution >= 4 is 17.9 Å². The van der Waals surface area contributed by atoms with Gasteiger partial charge in [-0.05, 0) is 79.9 Å². The quantitative estimate of drug-likeness (QED) is 0.502. The van der Waals surface area contributed by atoms with E-state index in [1.165, 1.54) is 4.90 Å². The first kappa shape index (κ1) is 29.4. The van der Waals surface area contributed by atoms with Crippen molar-refractivity contribution in [3.8, 4) is 0 Å². The van der Waals surface area contributed by atoms with Crippen LogP contribution in [0.4, 0.5) is 4.79 Å². The molecule has 0 aliphatic heterocycles. The second-order valence-corrected chi connectivity index (χ2v) is 10.7. The Morgan fingerprint density at radius 1 is 1.06 bits per heavy atom. The first-order valence-electron chi connectivity index (χ1n) is 11.8. The van der Waals surface area contributed by atoms with Crippen LogP contribution in [0.2, 0.25) is 0 Å². The molecule has 2 unspecified atom stereocenters. The number of carbonyl (C=O) groups excluding carboxylic acids is 3. The predicted molar refractivity (Wildman–Crippen MR) is 133 cm³/mol. The van der Waals surface area contributed by atoms with E-state index in [9.17, 15) is 19.5 Å². The number of nitrogens with one attached hydrogen (secondary N) is 2. The molecule has 1 aromatic rings. The van der Waals surface area contributed by atoms with Gasteiger partial charge in [0.25, 0.3) is 0 Å². The summed E-state index contributed by atoms with van der Waals surface area (Å²) in [6.07, 6.45) is -0.275. The third-order valence-corrected chi connectivity index (χ3v) is 5.58. The molecule has 0 radical (unpaired) electrons. The van der Waals surface area contributed by atoms with Crippen molar-refractivity contribution in [1.29, 1.82) is 0 Å². The minimum atomic E-state index is -1.28. The Morgan fingerprint density at radius 2 is 1.65 bits per heavy atom. The van der Waals surface area contributed by atoms with Gasteiger partial charge in [-0.25, -0.2) is 4.79 Å². The third-order valence-electron chi connectivity index (χ3n) is 5.58. The molecule has 0 aliphatic carbocycles. The van der Waals surface area contributed by atoms with Crippen LogP contribution in [0.15, 0.2) is 18.2 Å². The number of aliphatic hydroxyl groups excluding tert-OH is 1. The molecule has 0 aliphatic rings. The molecule has 0 spiro atoms. The summed E-state index contributed by atoms with van der Waals surface area (Å²) in [4.78, 5) is 41.3. The number of rotatable bonds is 9. The summed E-state index contributed by atoms with van der Waals surface area (Å²) in [5.41, 5.74) is 1.06. The third kappa shape index (κ3) is 8.01. The highest BCUT2D eigenvalue weighted by Gasteiger charge is 2.43. The van der Waals surface area contributed by atoms with E-state index in [0.717, 1.165) is 11.1 Å². The van der Waals surface area contributed by atoms with Gasteiger partial charge in [0.15, 0.2) is 0 Å². The van der Waals surface area contributed by atoms with E-state index in [-0.39, 0.29) is 11.9 Å². The molecule has 2 atom stereocenters. The van der Waals surface area contributed by atoms with Crippen molar-refractivity contribution in [1.82, 2.24) is 15.5 Å². The summed E-state index contributed by atoms with van der Waals surface area (Å²) in [6.45, 7) is 17.7. The molecule has 0 saturated heterocycles. The van der Waals surface area contributed by atoms with E-state index >= 15 is 0 Å². The minimum Gasteiger partial charge on any atom is -0.444 e. The summed E-state index contributed by atoms with van der Waals surface area (Å²) >= 11 is 0.